The Morgan fingerprint density at radius 3 is 2.50 bits per heavy atom. The third-order valence-corrected chi connectivity index (χ3v) is 3.37. The molecule has 1 aromatic heterocycles. The molecule has 1 aromatic carbocycles. The molecule has 2 aromatic rings. The minimum atomic E-state index is -1.07. The molecule has 0 saturated carbocycles. The smallest absolute Gasteiger partial charge is 0.336 e. The highest BCUT2D eigenvalue weighted by Crippen LogP contribution is 2.38. The Kier molecular flexibility index (Phi) is 3.32. The quantitative estimate of drug-likeness (QED) is 0.907. The van der Waals surface area contributed by atoms with Gasteiger partial charge in [0.15, 0.2) is 5.76 Å². The minimum absolute atomic E-state index is 0.0912. The van der Waals surface area contributed by atoms with Crippen LogP contribution in [-0.2, 0) is 0 Å². The zero-order chi connectivity index (χ0) is 13.4. The zero-order valence-electron chi connectivity index (χ0n) is 9.62. The lowest BCUT2D eigenvalue weighted by Crippen LogP contribution is -2.02. The number of aromatic nitrogens is 1. The van der Waals surface area contributed by atoms with Gasteiger partial charge in [0, 0.05) is 11.6 Å². The van der Waals surface area contributed by atoms with Gasteiger partial charge in [-0.1, -0.05) is 28.4 Å². The molecule has 0 aliphatic carbocycles. The van der Waals surface area contributed by atoms with Crippen molar-refractivity contribution in [3.05, 3.63) is 39.0 Å². The maximum absolute atomic E-state index is 11.1. The van der Waals surface area contributed by atoms with Crippen molar-refractivity contribution in [1.82, 2.24) is 5.16 Å². The number of nitrogens with zero attached hydrogens (tertiary/aromatic N) is 1. The highest BCUT2D eigenvalue weighted by molar-refractivity contribution is 6.44. The van der Waals surface area contributed by atoms with Crippen molar-refractivity contribution in [3.8, 4) is 11.3 Å². The Bertz CT molecular complexity index is 634. The van der Waals surface area contributed by atoms with Crippen LogP contribution in [0.25, 0.3) is 11.3 Å². The van der Waals surface area contributed by atoms with Gasteiger partial charge in [-0.3, -0.25) is 0 Å². The van der Waals surface area contributed by atoms with Crippen LogP contribution in [0.3, 0.4) is 0 Å². The van der Waals surface area contributed by atoms with Gasteiger partial charge in [0.25, 0.3) is 0 Å². The number of carboxylic acids is 1. The van der Waals surface area contributed by atoms with Crippen LogP contribution in [-0.4, -0.2) is 16.2 Å². The van der Waals surface area contributed by atoms with Crippen molar-refractivity contribution in [3.63, 3.8) is 0 Å². The van der Waals surface area contributed by atoms with Gasteiger partial charge in [0.2, 0.25) is 0 Å². The van der Waals surface area contributed by atoms with Gasteiger partial charge in [-0.2, -0.15) is 0 Å². The Labute approximate surface area is 113 Å². The molecule has 4 nitrogen and oxygen atoms in total. The van der Waals surface area contributed by atoms with Crippen LogP contribution in [0.2, 0.25) is 10.0 Å². The molecule has 0 aliphatic heterocycles. The number of halogens is 2. The molecule has 0 bridgehead atoms. The first kappa shape index (κ1) is 12.9. The fourth-order valence-electron chi connectivity index (χ4n) is 1.71. The fraction of sp³-hybridized carbons (Fsp3) is 0.167. The van der Waals surface area contributed by atoms with Crippen molar-refractivity contribution in [2.75, 3.05) is 0 Å². The van der Waals surface area contributed by atoms with Crippen LogP contribution in [0.5, 0.6) is 0 Å². The third-order valence-electron chi connectivity index (χ3n) is 2.58. The summed E-state index contributed by atoms with van der Waals surface area (Å²) in [5.41, 5.74) is 1.72. The lowest BCUT2D eigenvalue weighted by atomic mass is 10.00. The Morgan fingerprint density at radius 2 is 2.00 bits per heavy atom. The molecule has 0 amide bonds. The molecule has 94 valence electrons. The molecule has 1 N–H and O–H groups in total. The predicted octanol–water partition coefficient (Wildman–Crippen LogP) is 3.96. The van der Waals surface area contributed by atoms with E-state index in [2.05, 4.69) is 5.16 Å². The number of hydrogen-bond acceptors (Lipinski definition) is 3. The first-order chi connectivity index (χ1) is 8.41. The summed E-state index contributed by atoms with van der Waals surface area (Å²) < 4.78 is 5.12. The SMILES string of the molecule is Cc1cc(-c2c(C)c(C(=O)O)cc(Cl)c2Cl)on1. The van der Waals surface area contributed by atoms with Gasteiger partial charge >= 0.3 is 5.97 Å². The lowest BCUT2D eigenvalue weighted by molar-refractivity contribution is 0.0696. The van der Waals surface area contributed by atoms with Crippen LogP contribution in [0.1, 0.15) is 21.6 Å². The number of rotatable bonds is 2. The number of aryl methyl sites for hydroxylation is 1. The van der Waals surface area contributed by atoms with Crippen LogP contribution < -0.4 is 0 Å². The second kappa shape index (κ2) is 4.63. The van der Waals surface area contributed by atoms with E-state index in [1.807, 2.05) is 0 Å². The highest BCUT2D eigenvalue weighted by atomic mass is 35.5. The summed E-state index contributed by atoms with van der Waals surface area (Å²) >= 11 is 12.0. The van der Waals surface area contributed by atoms with Gasteiger partial charge in [-0.15, -0.1) is 0 Å². The van der Waals surface area contributed by atoms with E-state index >= 15 is 0 Å². The standard InChI is InChI=1S/C12H9Cl2NO3/c1-5-3-9(18-15-5)10-6(2)7(12(16)17)4-8(13)11(10)14/h3-4H,1-2H3,(H,16,17). The van der Waals surface area contributed by atoms with Gasteiger partial charge < -0.3 is 9.63 Å². The summed E-state index contributed by atoms with van der Waals surface area (Å²) in [6.07, 6.45) is 0. The maximum atomic E-state index is 11.1. The highest BCUT2D eigenvalue weighted by Gasteiger charge is 2.20. The molecule has 0 spiro atoms. The molecule has 2 rings (SSSR count). The number of carbonyl (C=O) groups is 1. The van der Waals surface area contributed by atoms with E-state index in [0.717, 1.165) is 0 Å². The second-order valence-corrected chi connectivity index (χ2v) is 4.64. The van der Waals surface area contributed by atoms with E-state index in [0.29, 0.717) is 22.6 Å². The van der Waals surface area contributed by atoms with Crippen molar-refractivity contribution in [2.45, 2.75) is 13.8 Å². The van der Waals surface area contributed by atoms with E-state index in [-0.39, 0.29) is 15.6 Å². The Morgan fingerprint density at radius 1 is 1.33 bits per heavy atom. The molecule has 0 aliphatic rings. The van der Waals surface area contributed by atoms with E-state index in [4.69, 9.17) is 32.8 Å². The first-order valence-corrected chi connectivity index (χ1v) is 5.83. The minimum Gasteiger partial charge on any atom is -0.478 e. The topological polar surface area (TPSA) is 63.3 Å². The maximum Gasteiger partial charge on any atom is 0.336 e. The number of benzene rings is 1. The van der Waals surface area contributed by atoms with Gasteiger partial charge in [-0.25, -0.2) is 4.79 Å². The van der Waals surface area contributed by atoms with Gasteiger partial charge in [0.1, 0.15) is 0 Å². The zero-order valence-corrected chi connectivity index (χ0v) is 11.1. The van der Waals surface area contributed by atoms with E-state index < -0.39 is 5.97 Å². The van der Waals surface area contributed by atoms with E-state index in [1.54, 1.807) is 19.9 Å². The molecule has 0 fully saturated rings. The summed E-state index contributed by atoms with van der Waals surface area (Å²) in [7, 11) is 0. The van der Waals surface area contributed by atoms with Crippen molar-refractivity contribution < 1.29 is 14.4 Å². The van der Waals surface area contributed by atoms with Crippen LogP contribution in [0.4, 0.5) is 0 Å². The Balaban J connectivity index is 2.77. The van der Waals surface area contributed by atoms with E-state index in [1.165, 1.54) is 6.07 Å². The summed E-state index contributed by atoms with van der Waals surface area (Å²) in [6.45, 7) is 3.41. The average Bonchev–Trinajstić information content (AvgIpc) is 2.70. The molecular weight excluding hydrogens is 277 g/mol. The molecule has 0 saturated heterocycles. The van der Waals surface area contributed by atoms with Crippen molar-refractivity contribution >= 4 is 29.2 Å². The monoisotopic (exact) mass is 285 g/mol. The first-order valence-electron chi connectivity index (χ1n) is 5.07. The number of aromatic carboxylic acids is 1. The van der Waals surface area contributed by atoms with Crippen LogP contribution in [0, 0.1) is 13.8 Å². The summed E-state index contributed by atoms with van der Waals surface area (Å²) in [5, 5.41) is 13.3. The Hall–Kier alpha value is -1.52. The van der Waals surface area contributed by atoms with E-state index in [9.17, 15) is 4.79 Å². The predicted molar refractivity (Wildman–Crippen MR) is 68.4 cm³/mol. The molecule has 6 heteroatoms. The summed E-state index contributed by atoms with van der Waals surface area (Å²) in [4.78, 5) is 11.1. The molecule has 0 atom stereocenters. The summed E-state index contributed by atoms with van der Waals surface area (Å²) in [5.74, 6) is -0.663. The fourth-order valence-corrected chi connectivity index (χ4v) is 2.21. The van der Waals surface area contributed by atoms with Crippen LogP contribution >= 0.6 is 23.2 Å². The third kappa shape index (κ3) is 2.09. The lowest BCUT2D eigenvalue weighted by Gasteiger charge is -2.10. The average molecular weight is 286 g/mol. The molecule has 18 heavy (non-hydrogen) atoms. The summed E-state index contributed by atoms with van der Waals surface area (Å²) in [6, 6.07) is 3.00. The van der Waals surface area contributed by atoms with Gasteiger partial charge in [0.05, 0.1) is 21.3 Å². The molecular formula is C12H9Cl2NO3. The largest absolute Gasteiger partial charge is 0.478 e. The molecule has 1 heterocycles. The van der Waals surface area contributed by atoms with Gasteiger partial charge in [-0.05, 0) is 25.5 Å². The molecule has 0 unspecified atom stereocenters. The number of hydrogen-bond donors (Lipinski definition) is 1. The van der Waals surface area contributed by atoms with Crippen LogP contribution in [0.15, 0.2) is 16.7 Å². The normalized spacial score (nSPS) is 10.7. The number of carboxylic acid groups (broad SMARTS) is 1. The second-order valence-electron chi connectivity index (χ2n) is 3.86. The van der Waals surface area contributed by atoms with Crippen molar-refractivity contribution in [1.29, 1.82) is 0 Å². The molecule has 0 radical (unpaired) electrons. The van der Waals surface area contributed by atoms with Crippen molar-refractivity contribution in [2.24, 2.45) is 0 Å².